The smallest absolute Gasteiger partial charge is 0.346 e. The highest BCUT2D eigenvalue weighted by atomic mass is 19.4. The van der Waals surface area contributed by atoms with Crippen molar-refractivity contribution in [1.29, 1.82) is 0 Å². The fraction of sp³-hybridized carbons (Fsp3) is 0.292. The number of hydrogen-bond donors (Lipinski definition) is 2. The molecule has 1 aliphatic heterocycles. The minimum absolute atomic E-state index is 0.0577. The summed E-state index contributed by atoms with van der Waals surface area (Å²) in [5, 5.41) is 0.493. The number of rotatable bonds is 3. The van der Waals surface area contributed by atoms with E-state index in [9.17, 15) is 31.1 Å². The molecule has 5 rings (SSSR count). The van der Waals surface area contributed by atoms with Gasteiger partial charge in [-0.15, -0.1) is 0 Å². The fourth-order valence-corrected chi connectivity index (χ4v) is 4.58. The van der Waals surface area contributed by atoms with Crippen molar-refractivity contribution >= 4 is 16.9 Å². The normalized spacial score (nSPS) is 17.1. The lowest BCUT2D eigenvalue weighted by Crippen LogP contribution is -2.49. The van der Waals surface area contributed by atoms with Gasteiger partial charge < -0.3 is 14.9 Å². The van der Waals surface area contributed by atoms with Gasteiger partial charge in [0.05, 0.1) is 5.56 Å². The number of fused-ring (bicyclic) bond motifs is 1. The molecule has 0 amide bonds. The van der Waals surface area contributed by atoms with Gasteiger partial charge in [0.2, 0.25) is 5.56 Å². The van der Waals surface area contributed by atoms with E-state index in [4.69, 9.17) is 0 Å². The number of halogens is 6. The van der Waals surface area contributed by atoms with Crippen molar-refractivity contribution in [1.82, 2.24) is 19.9 Å². The van der Waals surface area contributed by atoms with E-state index in [-0.39, 0.29) is 24.3 Å². The van der Waals surface area contributed by atoms with Crippen molar-refractivity contribution in [3.05, 3.63) is 64.8 Å². The van der Waals surface area contributed by atoms with Crippen LogP contribution in [0.25, 0.3) is 33.4 Å². The van der Waals surface area contributed by atoms with E-state index in [0.29, 0.717) is 40.7 Å². The van der Waals surface area contributed by atoms with Crippen LogP contribution in [0.4, 0.5) is 32.2 Å². The van der Waals surface area contributed by atoms with Gasteiger partial charge in [0.15, 0.2) is 0 Å². The number of aromatic nitrogens is 4. The second-order valence-electron chi connectivity index (χ2n) is 8.63. The molecule has 6 nitrogen and oxygen atoms in total. The molecule has 188 valence electrons. The molecule has 1 fully saturated rings. The van der Waals surface area contributed by atoms with E-state index in [1.165, 1.54) is 29.4 Å². The first kappa shape index (κ1) is 23.9. The van der Waals surface area contributed by atoms with Gasteiger partial charge in [0, 0.05) is 47.8 Å². The first-order valence-corrected chi connectivity index (χ1v) is 11.1. The van der Waals surface area contributed by atoms with Crippen molar-refractivity contribution < 1.29 is 26.3 Å². The van der Waals surface area contributed by atoms with E-state index in [1.54, 1.807) is 12.1 Å². The summed E-state index contributed by atoms with van der Waals surface area (Å²) in [6.07, 6.45) is -4.64. The zero-order chi connectivity index (χ0) is 25.7. The van der Waals surface area contributed by atoms with Gasteiger partial charge in [-0.05, 0) is 54.7 Å². The van der Waals surface area contributed by atoms with Crippen molar-refractivity contribution in [3.63, 3.8) is 0 Å². The zero-order valence-electron chi connectivity index (χ0n) is 18.5. The maximum Gasteiger partial charge on any atom is 0.417 e. The Hall–Kier alpha value is -3.83. The van der Waals surface area contributed by atoms with E-state index in [2.05, 4.69) is 19.9 Å². The number of H-pyrrole nitrogens is 2. The molecule has 2 N–H and O–H groups in total. The number of anilines is 1. The molecule has 0 spiro atoms. The third kappa shape index (κ3) is 4.54. The Kier molecular flexibility index (Phi) is 5.76. The Morgan fingerprint density at radius 1 is 0.944 bits per heavy atom. The summed E-state index contributed by atoms with van der Waals surface area (Å²) in [5.41, 5.74) is 0.218. The lowest BCUT2D eigenvalue weighted by molar-refractivity contribution is -0.152. The second kappa shape index (κ2) is 8.68. The molecule has 1 atom stereocenters. The Morgan fingerprint density at radius 2 is 1.75 bits per heavy atom. The van der Waals surface area contributed by atoms with Crippen LogP contribution >= 0.6 is 0 Å². The van der Waals surface area contributed by atoms with E-state index >= 15 is 0 Å². The summed E-state index contributed by atoms with van der Waals surface area (Å²) in [4.78, 5) is 27.0. The molecule has 12 heteroatoms. The van der Waals surface area contributed by atoms with Crippen molar-refractivity contribution in [2.24, 2.45) is 0 Å². The molecular weight excluding hydrogens is 488 g/mol. The predicted molar refractivity (Wildman–Crippen MR) is 121 cm³/mol. The summed E-state index contributed by atoms with van der Waals surface area (Å²) in [5.74, 6) is 0.0577. The van der Waals surface area contributed by atoms with E-state index < -0.39 is 29.5 Å². The van der Waals surface area contributed by atoms with Crippen LogP contribution in [-0.4, -0.2) is 38.7 Å². The zero-order valence-corrected chi connectivity index (χ0v) is 18.5. The van der Waals surface area contributed by atoms with Gasteiger partial charge in [-0.1, -0.05) is 0 Å². The molecule has 1 saturated heterocycles. The summed E-state index contributed by atoms with van der Waals surface area (Å²) in [7, 11) is 0. The van der Waals surface area contributed by atoms with Gasteiger partial charge in [-0.2, -0.15) is 26.3 Å². The van der Waals surface area contributed by atoms with E-state index in [1.807, 2.05) is 0 Å². The highest BCUT2D eigenvalue weighted by Gasteiger charge is 2.45. The first-order chi connectivity index (χ1) is 17.0. The van der Waals surface area contributed by atoms with Crippen LogP contribution in [0.1, 0.15) is 24.8 Å². The van der Waals surface area contributed by atoms with Crippen LogP contribution in [0, 0.1) is 0 Å². The van der Waals surface area contributed by atoms with E-state index in [0.717, 1.165) is 12.3 Å². The quantitative estimate of drug-likeness (QED) is 0.338. The van der Waals surface area contributed by atoms with Crippen molar-refractivity contribution in [2.75, 3.05) is 11.4 Å². The SMILES string of the molecule is O=c1cc(-c2ccnc3[nH]c(-c4cncc(C(F)(F)F)c4)cc23)cc(N2CCCCC2C(F)(F)F)[nH]1. The van der Waals surface area contributed by atoms with Gasteiger partial charge in [-0.3, -0.25) is 9.78 Å². The highest BCUT2D eigenvalue weighted by Crippen LogP contribution is 2.37. The first-order valence-electron chi connectivity index (χ1n) is 11.1. The van der Waals surface area contributed by atoms with Crippen molar-refractivity contribution in [2.45, 2.75) is 37.7 Å². The Bertz CT molecular complexity index is 1470. The molecule has 4 aromatic heterocycles. The minimum atomic E-state index is -4.57. The molecule has 5 heterocycles. The van der Waals surface area contributed by atoms with Crippen molar-refractivity contribution in [3.8, 4) is 22.4 Å². The average Bonchev–Trinajstić information content (AvgIpc) is 3.27. The standard InChI is InChI=1S/C24H19F6N5O/c25-23(26,27)15-7-14(11-31-12-15)18-10-17-16(4-5-32-22(17)33-18)13-8-20(34-21(36)9-13)35-6-2-1-3-19(35)24(28,29)30/h4-5,7-12,19H,1-3,6H2,(H,32,33)(H,34,36). The monoisotopic (exact) mass is 507 g/mol. The summed E-state index contributed by atoms with van der Waals surface area (Å²) >= 11 is 0. The van der Waals surface area contributed by atoms with Crippen LogP contribution in [0.5, 0.6) is 0 Å². The molecule has 0 radical (unpaired) electrons. The van der Waals surface area contributed by atoms with Crippen LogP contribution in [0.2, 0.25) is 0 Å². The number of nitrogens with one attached hydrogen (secondary N) is 2. The highest BCUT2D eigenvalue weighted by molar-refractivity contribution is 5.96. The summed E-state index contributed by atoms with van der Waals surface area (Å²) in [6.45, 7) is 0.145. The number of hydrogen-bond acceptors (Lipinski definition) is 4. The van der Waals surface area contributed by atoms with Crippen LogP contribution in [0.15, 0.2) is 53.7 Å². The lowest BCUT2D eigenvalue weighted by atomic mass is 10.0. The largest absolute Gasteiger partial charge is 0.417 e. The maximum absolute atomic E-state index is 13.7. The molecule has 1 unspecified atom stereocenters. The molecule has 0 aliphatic carbocycles. The Balaban J connectivity index is 1.59. The van der Waals surface area contributed by atoms with Crippen LogP contribution < -0.4 is 10.5 Å². The second-order valence-corrected chi connectivity index (χ2v) is 8.63. The summed E-state index contributed by atoms with van der Waals surface area (Å²) in [6, 6.07) is 5.18. The third-order valence-electron chi connectivity index (χ3n) is 6.24. The van der Waals surface area contributed by atoms with Crippen LogP contribution in [-0.2, 0) is 6.18 Å². The van der Waals surface area contributed by atoms with Gasteiger partial charge in [0.25, 0.3) is 0 Å². The number of piperidine rings is 1. The molecule has 4 aromatic rings. The number of alkyl halides is 6. The Labute approximate surface area is 200 Å². The maximum atomic E-state index is 13.7. The van der Waals surface area contributed by atoms with Crippen LogP contribution in [0.3, 0.4) is 0 Å². The van der Waals surface area contributed by atoms with Gasteiger partial charge >= 0.3 is 12.4 Å². The molecule has 0 aromatic carbocycles. The number of aromatic amines is 2. The van der Waals surface area contributed by atoms with Gasteiger partial charge in [-0.25, -0.2) is 4.98 Å². The predicted octanol–water partition coefficient (Wildman–Crippen LogP) is 5.92. The molecule has 1 aliphatic rings. The number of pyridine rings is 3. The molecule has 0 saturated carbocycles. The summed E-state index contributed by atoms with van der Waals surface area (Å²) < 4.78 is 80.4. The molecule has 36 heavy (non-hydrogen) atoms. The third-order valence-corrected chi connectivity index (χ3v) is 6.24. The molecule has 0 bridgehead atoms. The minimum Gasteiger partial charge on any atom is -0.346 e. The average molecular weight is 507 g/mol. The number of nitrogens with zero attached hydrogens (tertiary/aromatic N) is 3. The molecular formula is C24H19F6N5O. The lowest BCUT2D eigenvalue weighted by Gasteiger charge is -2.38. The van der Waals surface area contributed by atoms with Gasteiger partial charge in [0.1, 0.15) is 17.5 Å². The Morgan fingerprint density at radius 3 is 2.50 bits per heavy atom. The fourth-order valence-electron chi connectivity index (χ4n) is 4.58. The topological polar surface area (TPSA) is 77.7 Å².